The number of hydrogen-bond donors (Lipinski definition) is 10. The lowest BCUT2D eigenvalue weighted by molar-refractivity contribution is -0.352. The van der Waals surface area contributed by atoms with Crippen molar-refractivity contribution in [2.24, 2.45) is 0 Å². The van der Waals surface area contributed by atoms with Gasteiger partial charge in [-0.15, -0.1) is 0 Å². The Hall–Kier alpha value is -3.75. The maximum absolute atomic E-state index is 13.8. The fourth-order valence-corrected chi connectivity index (χ4v) is 5.10. The lowest BCUT2D eigenvalue weighted by Gasteiger charge is -2.45. The van der Waals surface area contributed by atoms with E-state index in [1.54, 1.807) is 0 Å². The molecule has 2 aromatic carbocycles. The van der Waals surface area contributed by atoms with Gasteiger partial charge in [-0.2, -0.15) is 0 Å². The van der Waals surface area contributed by atoms with Crippen molar-refractivity contribution in [3.05, 3.63) is 40.6 Å². The smallest absolute Gasteiger partial charge is 0.239 e. The average molecular weight is 641 g/mol. The van der Waals surface area contributed by atoms with E-state index in [1.807, 2.05) is 0 Å². The molecule has 2 aliphatic rings. The van der Waals surface area contributed by atoms with Crippen molar-refractivity contribution in [2.45, 2.75) is 61.4 Å². The number of phenols is 3. The van der Waals surface area contributed by atoms with Gasteiger partial charge in [-0.05, 0) is 18.2 Å². The highest BCUT2D eigenvalue weighted by Gasteiger charge is 2.51. The summed E-state index contributed by atoms with van der Waals surface area (Å²) >= 11 is 0. The van der Waals surface area contributed by atoms with Crippen LogP contribution in [0.25, 0.3) is 22.3 Å². The monoisotopic (exact) mass is 640 g/mol. The molecule has 17 nitrogen and oxygen atoms in total. The fourth-order valence-electron chi connectivity index (χ4n) is 5.10. The second-order valence-electron chi connectivity index (χ2n) is 10.4. The Bertz CT molecular complexity index is 1570. The van der Waals surface area contributed by atoms with E-state index in [2.05, 4.69) is 0 Å². The van der Waals surface area contributed by atoms with Gasteiger partial charge in [-0.3, -0.25) is 4.79 Å². The molecule has 17 heteroatoms. The standard InChI is InChI=1S/C28H32O17/c1-40-10-5-13(33)17-14(6-10)41-24(9-2-3-11(31)12(32)4-9)26(20(17)36)45-28-23(39)25(19(35)16(8-30)43-28)44-27-22(38)21(37)18(34)15(7-29)42-27/h2-6,15-16,18-19,21-23,25,27-35,37-39H,7-8H2,1H3/t15-,16-,18-,19-,21+,22-,23-,25+,27+,28+/m1/s1. The van der Waals surface area contributed by atoms with Crippen LogP contribution in [0.1, 0.15) is 0 Å². The molecule has 0 bridgehead atoms. The highest BCUT2D eigenvalue weighted by molar-refractivity contribution is 5.88. The molecule has 45 heavy (non-hydrogen) atoms. The number of aliphatic hydroxyl groups excluding tert-OH is 7. The minimum absolute atomic E-state index is 0.0141. The number of ether oxygens (including phenoxy) is 5. The third-order valence-corrected chi connectivity index (χ3v) is 7.58. The molecule has 10 N–H and O–H groups in total. The van der Waals surface area contributed by atoms with Crippen molar-refractivity contribution in [2.75, 3.05) is 20.3 Å². The second-order valence-corrected chi connectivity index (χ2v) is 10.4. The maximum atomic E-state index is 13.8. The topological polar surface area (TPSA) is 279 Å². The third kappa shape index (κ3) is 5.98. The molecule has 0 saturated carbocycles. The summed E-state index contributed by atoms with van der Waals surface area (Å²) in [5.74, 6) is -2.60. The summed E-state index contributed by atoms with van der Waals surface area (Å²) in [6, 6.07) is 5.81. The molecule has 1 aromatic heterocycles. The van der Waals surface area contributed by atoms with Crippen molar-refractivity contribution >= 4 is 11.0 Å². The van der Waals surface area contributed by atoms with Crippen LogP contribution in [0.5, 0.6) is 28.7 Å². The van der Waals surface area contributed by atoms with Gasteiger partial charge in [0, 0.05) is 17.7 Å². The zero-order chi connectivity index (χ0) is 32.7. The average Bonchev–Trinajstić information content (AvgIpc) is 3.02. The molecule has 0 radical (unpaired) electrons. The van der Waals surface area contributed by atoms with Crippen molar-refractivity contribution in [3.8, 4) is 40.1 Å². The molecule has 2 saturated heterocycles. The van der Waals surface area contributed by atoms with Gasteiger partial charge in [0.2, 0.25) is 17.5 Å². The molecule has 3 heterocycles. The first-order valence-electron chi connectivity index (χ1n) is 13.5. The van der Waals surface area contributed by atoms with Gasteiger partial charge in [0.05, 0.1) is 20.3 Å². The summed E-state index contributed by atoms with van der Waals surface area (Å²) in [5, 5.41) is 102. The first kappa shape index (κ1) is 32.6. The summed E-state index contributed by atoms with van der Waals surface area (Å²) in [6.45, 7) is -1.66. The largest absolute Gasteiger partial charge is 0.507 e. The van der Waals surface area contributed by atoms with Gasteiger partial charge in [0.15, 0.2) is 23.5 Å². The number of aromatic hydroxyl groups is 3. The first-order valence-corrected chi connectivity index (χ1v) is 13.5. The number of fused-ring (bicyclic) bond motifs is 1. The highest BCUT2D eigenvalue weighted by Crippen LogP contribution is 2.40. The van der Waals surface area contributed by atoms with E-state index in [9.17, 15) is 55.9 Å². The quantitative estimate of drug-likeness (QED) is 0.115. The Labute approximate surface area is 252 Å². The van der Waals surface area contributed by atoms with Gasteiger partial charge >= 0.3 is 0 Å². The lowest BCUT2D eigenvalue weighted by atomic mass is 9.97. The molecule has 0 unspecified atom stereocenters. The van der Waals surface area contributed by atoms with Crippen LogP contribution in [-0.2, 0) is 14.2 Å². The lowest BCUT2D eigenvalue weighted by Crippen LogP contribution is -2.65. The molecule has 2 fully saturated rings. The number of aliphatic hydroxyl groups is 7. The summed E-state index contributed by atoms with van der Waals surface area (Å²) in [4.78, 5) is 13.8. The molecular weight excluding hydrogens is 608 g/mol. The molecule has 246 valence electrons. The van der Waals surface area contributed by atoms with E-state index in [4.69, 9.17) is 28.1 Å². The molecule has 10 atom stereocenters. The summed E-state index contributed by atoms with van der Waals surface area (Å²) < 4.78 is 33.2. The molecule has 0 amide bonds. The van der Waals surface area contributed by atoms with E-state index in [-0.39, 0.29) is 28.0 Å². The van der Waals surface area contributed by atoms with Crippen LogP contribution in [0.4, 0.5) is 0 Å². The number of rotatable bonds is 8. The summed E-state index contributed by atoms with van der Waals surface area (Å²) in [6.07, 6.45) is -17.8. The molecule has 2 aliphatic heterocycles. The van der Waals surface area contributed by atoms with Crippen LogP contribution >= 0.6 is 0 Å². The minimum atomic E-state index is -2.02. The van der Waals surface area contributed by atoms with Gasteiger partial charge < -0.3 is 79.2 Å². The van der Waals surface area contributed by atoms with Crippen molar-refractivity contribution in [3.63, 3.8) is 0 Å². The van der Waals surface area contributed by atoms with Crippen LogP contribution in [-0.4, -0.2) is 133 Å². The number of hydrogen-bond acceptors (Lipinski definition) is 17. The molecule has 5 rings (SSSR count). The van der Waals surface area contributed by atoms with Crippen molar-refractivity contribution < 1.29 is 79.2 Å². The Kier molecular flexibility index (Phi) is 9.38. The van der Waals surface area contributed by atoms with E-state index in [0.29, 0.717) is 0 Å². The molecule has 0 aliphatic carbocycles. The van der Waals surface area contributed by atoms with Crippen LogP contribution in [0.3, 0.4) is 0 Å². The van der Waals surface area contributed by atoms with E-state index < -0.39 is 103 Å². The fraction of sp³-hybridized carbons (Fsp3) is 0.464. The SMILES string of the molecule is COc1cc(O)c2c(=O)c(O[C@@H]3O[C@H](CO)[C@@H](O)[C@H](O[C@@H]4O[C@H](CO)[C@@H](O)[C@H](O)[C@H]4O)[C@H]3O)c(-c3ccc(O)c(O)c3)oc2c1. The van der Waals surface area contributed by atoms with Gasteiger partial charge in [-0.1, -0.05) is 0 Å². The number of benzene rings is 2. The number of phenolic OH excluding ortho intramolecular Hbond substituents is 3. The zero-order valence-corrected chi connectivity index (χ0v) is 23.4. The second kappa shape index (κ2) is 12.9. The summed E-state index contributed by atoms with van der Waals surface area (Å²) in [5.41, 5.74) is -1.18. The van der Waals surface area contributed by atoms with E-state index in [0.717, 1.165) is 18.2 Å². The zero-order valence-electron chi connectivity index (χ0n) is 23.4. The maximum Gasteiger partial charge on any atom is 0.239 e. The Morgan fingerprint density at radius 1 is 0.756 bits per heavy atom. The molecular formula is C28H32O17. The van der Waals surface area contributed by atoms with Crippen LogP contribution in [0.2, 0.25) is 0 Å². The van der Waals surface area contributed by atoms with Gasteiger partial charge in [0.25, 0.3) is 0 Å². The van der Waals surface area contributed by atoms with Crippen molar-refractivity contribution in [1.29, 1.82) is 0 Å². The Morgan fingerprint density at radius 3 is 2.07 bits per heavy atom. The minimum Gasteiger partial charge on any atom is -0.507 e. The van der Waals surface area contributed by atoms with Crippen LogP contribution in [0.15, 0.2) is 39.5 Å². The Morgan fingerprint density at radius 2 is 1.42 bits per heavy atom. The van der Waals surface area contributed by atoms with Crippen molar-refractivity contribution in [1.82, 2.24) is 0 Å². The van der Waals surface area contributed by atoms with Gasteiger partial charge in [0.1, 0.15) is 71.3 Å². The van der Waals surface area contributed by atoms with Gasteiger partial charge in [-0.25, -0.2) is 0 Å². The summed E-state index contributed by atoms with van der Waals surface area (Å²) in [7, 11) is 1.31. The number of methoxy groups -OCH3 is 1. The molecule has 0 spiro atoms. The normalized spacial score (nSPS) is 32.0. The van der Waals surface area contributed by atoms with E-state index in [1.165, 1.54) is 19.2 Å². The molecule has 3 aromatic rings. The predicted molar refractivity (Wildman–Crippen MR) is 146 cm³/mol. The van der Waals surface area contributed by atoms with E-state index >= 15 is 0 Å². The van der Waals surface area contributed by atoms with Crippen LogP contribution < -0.4 is 14.9 Å². The highest BCUT2D eigenvalue weighted by atomic mass is 16.7. The predicted octanol–water partition coefficient (Wildman–Crippen LogP) is -2.41. The van der Waals surface area contributed by atoms with Crippen LogP contribution in [0, 0.1) is 0 Å². The first-order chi connectivity index (χ1) is 21.4. The third-order valence-electron chi connectivity index (χ3n) is 7.58. The Balaban J connectivity index is 1.56.